The van der Waals surface area contributed by atoms with Crippen molar-refractivity contribution in [2.45, 2.75) is 10.1 Å². The second kappa shape index (κ2) is 11.1. The highest BCUT2D eigenvalue weighted by atomic mass is 32.2. The van der Waals surface area contributed by atoms with Gasteiger partial charge in [0.05, 0.1) is 5.52 Å². The van der Waals surface area contributed by atoms with E-state index < -0.39 is 0 Å². The summed E-state index contributed by atoms with van der Waals surface area (Å²) in [4.78, 5) is 20.5. The lowest BCUT2D eigenvalue weighted by Gasteiger charge is -2.38. The molecular formula is C30H30N8OS. The van der Waals surface area contributed by atoms with E-state index in [0.29, 0.717) is 11.2 Å². The fourth-order valence-corrected chi connectivity index (χ4v) is 6.00. The van der Waals surface area contributed by atoms with Crippen LogP contribution in [0.4, 0.5) is 23.5 Å². The van der Waals surface area contributed by atoms with E-state index in [9.17, 15) is 0 Å². The molecule has 4 heterocycles. The zero-order chi connectivity index (χ0) is 26.7. The van der Waals surface area contributed by atoms with Gasteiger partial charge >= 0.3 is 6.01 Å². The minimum Gasteiger partial charge on any atom is -0.397 e. The summed E-state index contributed by atoms with van der Waals surface area (Å²) in [6, 6.07) is 29.6. The van der Waals surface area contributed by atoms with E-state index >= 15 is 0 Å². The molecule has 2 aliphatic heterocycles. The molecule has 2 fully saturated rings. The number of rotatable bonds is 6. The zero-order valence-corrected chi connectivity index (χ0v) is 23.0. The van der Waals surface area contributed by atoms with Gasteiger partial charge in [0.2, 0.25) is 5.95 Å². The predicted molar refractivity (Wildman–Crippen MR) is 160 cm³/mol. The first-order valence-corrected chi connectivity index (χ1v) is 14.5. The van der Waals surface area contributed by atoms with Gasteiger partial charge in [0.1, 0.15) is 5.82 Å². The Morgan fingerprint density at radius 3 is 1.98 bits per heavy atom. The third kappa shape index (κ3) is 5.14. The summed E-state index contributed by atoms with van der Waals surface area (Å²) >= 11 is 1.48. The molecular weight excluding hydrogens is 520 g/mol. The van der Waals surface area contributed by atoms with Crippen LogP contribution in [0, 0.1) is 0 Å². The van der Waals surface area contributed by atoms with Gasteiger partial charge in [0.15, 0.2) is 0 Å². The van der Waals surface area contributed by atoms with Crippen LogP contribution in [0.3, 0.4) is 0 Å². The van der Waals surface area contributed by atoms with Gasteiger partial charge in [-0.1, -0.05) is 58.7 Å². The molecule has 5 aromatic rings. The molecule has 0 aliphatic carbocycles. The summed E-state index contributed by atoms with van der Waals surface area (Å²) in [6.45, 7) is 6.85. The van der Waals surface area contributed by atoms with E-state index in [-0.39, 0.29) is 0 Å². The quantitative estimate of drug-likeness (QED) is 0.294. The molecule has 3 aromatic carbocycles. The summed E-state index contributed by atoms with van der Waals surface area (Å²) in [7, 11) is 0. The van der Waals surface area contributed by atoms with Crippen molar-refractivity contribution < 1.29 is 4.42 Å². The van der Waals surface area contributed by atoms with Gasteiger partial charge in [-0.2, -0.15) is 4.98 Å². The van der Waals surface area contributed by atoms with Crippen molar-refractivity contribution in [3.8, 4) is 0 Å². The lowest BCUT2D eigenvalue weighted by Crippen LogP contribution is -2.48. The molecule has 0 atom stereocenters. The topological polar surface area (TPSA) is 77.7 Å². The predicted octanol–water partition coefficient (Wildman–Crippen LogP) is 4.82. The first-order valence-electron chi connectivity index (χ1n) is 13.7. The van der Waals surface area contributed by atoms with Crippen molar-refractivity contribution in [1.82, 2.24) is 20.2 Å². The first-order chi connectivity index (χ1) is 19.8. The highest BCUT2D eigenvalue weighted by molar-refractivity contribution is 7.99. The maximum absolute atomic E-state index is 5.97. The Morgan fingerprint density at radius 1 is 0.575 bits per heavy atom. The summed E-state index contributed by atoms with van der Waals surface area (Å²) in [5, 5.41) is 10.2. The second-order valence-corrected chi connectivity index (χ2v) is 10.9. The number of benzene rings is 3. The van der Waals surface area contributed by atoms with E-state index in [1.807, 2.05) is 30.3 Å². The smallest absolute Gasteiger partial charge is 0.318 e. The van der Waals surface area contributed by atoms with Crippen LogP contribution in [0.1, 0.15) is 0 Å². The number of hydrogen-bond acceptors (Lipinski definition) is 10. The van der Waals surface area contributed by atoms with Crippen LogP contribution in [-0.2, 0) is 0 Å². The highest BCUT2D eigenvalue weighted by Gasteiger charge is 2.26. The Balaban J connectivity index is 1.05. The fraction of sp³-hybridized carbons (Fsp3) is 0.267. The molecule has 9 nitrogen and oxygen atoms in total. The van der Waals surface area contributed by atoms with Gasteiger partial charge in [0, 0.05) is 68.3 Å². The van der Waals surface area contributed by atoms with Crippen molar-refractivity contribution in [1.29, 1.82) is 0 Å². The zero-order valence-electron chi connectivity index (χ0n) is 22.1. The van der Waals surface area contributed by atoms with Gasteiger partial charge < -0.3 is 24.0 Å². The monoisotopic (exact) mass is 550 g/mol. The third-order valence-electron chi connectivity index (χ3n) is 7.45. The van der Waals surface area contributed by atoms with Crippen molar-refractivity contribution in [2.75, 3.05) is 72.0 Å². The first kappa shape index (κ1) is 24.7. The van der Waals surface area contributed by atoms with E-state index in [4.69, 9.17) is 14.4 Å². The van der Waals surface area contributed by atoms with Crippen molar-refractivity contribution in [3.05, 3.63) is 84.9 Å². The molecule has 0 saturated carbocycles. The molecule has 0 spiro atoms. The van der Waals surface area contributed by atoms with Crippen LogP contribution < -0.4 is 19.6 Å². The Kier molecular flexibility index (Phi) is 6.83. The molecule has 0 bridgehead atoms. The number of nitrogens with zero attached hydrogens (tertiary/aromatic N) is 8. The lowest BCUT2D eigenvalue weighted by molar-refractivity contribution is 0.440. The minimum absolute atomic E-state index is 0.554. The van der Waals surface area contributed by atoms with Crippen LogP contribution in [0.5, 0.6) is 0 Å². The second-order valence-electron chi connectivity index (χ2n) is 9.91. The Labute approximate surface area is 237 Å². The number of aromatic nitrogens is 4. The Bertz CT molecular complexity index is 1570. The average molecular weight is 551 g/mol. The number of fused-ring (bicyclic) bond motifs is 1. The van der Waals surface area contributed by atoms with Crippen LogP contribution in [-0.4, -0.2) is 72.5 Å². The van der Waals surface area contributed by atoms with Crippen LogP contribution in [0.15, 0.2) is 99.5 Å². The molecule has 7 rings (SSSR count). The summed E-state index contributed by atoms with van der Waals surface area (Å²) in [5.74, 6) is 1.81. The van der Waals surface area contributed by atoms with Crippen LogP contribution in [0.2, 0.25) is 0 Å². The normalized spacial score (nSPS) is 16.1. The molecule has 10 heteroatoms. The van der Waals surface area contributed by atoms with E-state index in [1.54, 1.807) is 0 Å². The number of anilines is 4. The van der Waals surface area contributed by atoms with Crippen molar-refractivity contribution >= 4 is 46.1 Å². The molecule has 2 aromatic heterocycles. The molecule has 2 aliphatic rings. The van der Waals surface area contributed by atoms with E-state index in [1.165, 1.54) is 17.4 Å². The Morgan fingerprint density at radius 2 is 1.20 bits per heavy atom. The standard InChI is InChI=1S/C30H30N8OS/c1-3-9-23(10-4-1)35-15-17-36(18-16-35)27-25-13-7-8-14-26(25)31-28(32-27)37-19-21-38(22-20-37)29-33-34-30(39-29)40-24-11-5-2-6-12-24/h1-14H,15-22H2. The van der Waals surface area contributed by atoms with Gasteiger partial charge in [-0.05, 0) is 48.2 Å². The molecule has 0 unspecified atom stereocenters. The van der Waals surface area contributed by atoms with E-state index in [2.05, 4.69) is 84.4 Å². The van der Waals surface area contributed by atoms with E-state index in [0.717, 1.165) is 79.9 Å². The van der Waals surface area contributed by atoms with Crippen molar-refractivity contribution in [3.63, 3.8) is 0 Å². The highest BCUT2D eigenvalue weighted by Crippen LogP contribution is 2.31. The molecule has 0 amide bonds. The molecule has 40 heavy (non-hydrogen) atoms. The number of piperazine rings is 2. The maximum atomic E-state index is 5.97. The average Bonchev–Trinajstić information content (AvgIpc) is 3.50. The summed E-state index contributed by atoms with van der Waals surface area (Å²) in [5.41, 5.74) is 2.26. The molecule has 202 valence electrons. The van der Waals surface area contributed by atoms with Gasteiger partial charge in [-0.15, -0.1) is 0 Å². The molecule has 2 saturated heterocycles. The SMILES string of the molecule is c1ccc(Sc2nnc(N3CCN(c4nc(N5CCN(c6ccccc6)CC5)c5ccccc5n4)CC3)o2)cc1. The fourth-order valence-electron chi connectivity index (χ4n) is 5.30. The largest absolute Gasteiger partial charge is 0.397 e. The summed E-state index contributed by atoms with van der Waals surface area (Å²) in [6.07, 6.45) is 0. The molecule has 0 radical (unpaired) electrons. The van der Waals surface area contributed by atoms with Gasteiger partial charge in [-0.25, -0.2) is 4.98 Å². The van der Waals surface area contributed by atoms with Crippen LogP contribution >= 0.6 is 11.8 Å². The third-order valence-corrected chi connectivity index (χ3v) is 8.30. The Hall–Kier alpha value is -4.31. The number of hydrogen-bond donors (Lipinski definition) is 0. The minimum atomic E-state index is 0.554. The molecule has 0 N–H and O–H groups in total. The van der Waals surface area contributed by atoms with Gasteiger partial charge in [-0.3, -0.25) is 0 Å². The van der Waals surface area contributed by atoms with Crippen LogP contribution in [0.25, 0.3) is 10.9 Å². The number of para-hydroxylation sites is 2. The lowest BCUT2D eigenvalue weighted by atomic mass is 10.2. The summed E-state index contributed by atoms with van der Waals surface area (Å²) < 4.78 is 5.97. The maximum Gasteiger partial charge on any atom is 0.318 e. The van der Waals surface area contributed by atoms with Gasteiger partial charge in [0.25, 0.3) is 5.22 Å². The van der Waals surface area contributed by atoms with Crippen molar-refractivity contribution in [2.24, 2.45) is 0 Å².